The van der Waals surface area contributed by atoms with E-state index in [4.69, 9.17) is 0 Å². The third-order valence-corrected chi connectivity index (χ3v) is 9.06. The minimum atomic E-state index is -0.502. The maximum absolute atomic E-state index is 13.9. The molecule has 1 aromatic heterocycles. The number of nitrogens with one attached hydrogen (secondary N) is 2. The Morgan fingerprint density at radius 2 is 1.85 bits per heavy atom. The topological polar surface area (TPSA) is 92.2 Å². The molecule has 4 atom stereocenters. The second-order valence-corrected chi connectivity index (χ2v) is 11.8. The quantitative estimate of drug-likeness (QED) is 0.335. The predicted octanol–water partition coefficient (Wildman–Crippen LogP) is 3.95. The Labute approximate surface area is 242 Å². The normalized spacial score (nSPS) is 22.6. The van der Waals surface area contributed by atoms with E-state index in [1.54, 1.807) is 4.68 Å². The summed E-state index contributed by atoms with van der Waals surface area (Å²) in [5.41, 5.74) is 5.12. The Kier molecular flexibility index (Phi) is 7.67. The van der Waals surface area contributed by atoms with Crippen LogP contribution >= 0.6 is 15.9 Å². The number of fused-ring (bicyclic) bond motifs is 1. The second-order valence-electron chi connectivity index (χ2n) is 11.0. The summed E-state index contributed by atoms with van der Waals surface area (Å²) in [6, 6.07) is 23.6. The summed E-state index contributed by atoms with van der Waals surface area (Å²) in [7, 11) is 1.86. The molecule has 0 spiro atoms. The largest absolute Gasteiger partial charge is 0.350 e. The van der Waals surface area contributed by atoms with E-state index in [0.717, 1.165) is 40.5 Å². The average molecular weight is 602 g/mol. The standard InChI is InChI=1S/C31H33BrN6O2/c1-37-28-12-11-20(14-26(28)35-36-37)17-34-30(39)29-15-21(13-23-9-5-6-10-25(23)32)19-38(29)31(40)27-16-24(18-33-27)22-7-3-2-4-8-22/h2-12,14,21,24,27,29,33H,13,15-19H2,1H3,(H,34,39). The summed E-state index contributed by atoms with van der Waals surface area (Å²) in [6.45, 7) is 1.70. The number of hydrogen-bond donors (Lipinski definition) is 2. The minimum Gasteiger partial charge on any atom is -0.350 e. The van der Waals surface area contributed by atoms with Gasteiger partial charge < -0.3 is 15.5 Å². The van der Waals surface area contributed by atoms with E-state index in [1.165, 1.54) is 11.1 Å². The van der Waals surface area contributed by atoms with Crippen molar-refractivity contribution in [2.75, 3.05) is 13.1 Å². The Hall–Kier alpha value is -3.56. The van der Waals surface area contributed by atoms with E-state index >= 15 is 0 Å². The van der Waals surface area contributed by atoms with Crippen molar-refractivity contribution in [1.29, 1.82) is 0 Å². The summed E-state index contributed by atoms with van der Waals surface area (Å²) < 4.78 is 2.79. The highest BCUT2D eigenvalue weighted by Gasteiger charge is 2.43. The van der Waals surface area contributed by atoms with Gasteiger partial charge in [-0.2, -0.15) is 0 Å². The molecule has 2 amide bonds. The Morgan fingerprint density at radius 3 is 2.67 bits per heavy atom. The number of carbonyl (C=O) groups excluding carboxylic acids is 2. The molecule has 3 aromatic carbocycles. The van der Waals surface area contributed by atoms with Crippen molar-refractivity contribution in [3.05, 3.63) is 94.0 Å². The molecule has 4 aromatic rings. The van der Waals surface area contributed by atoms with Crippen LogP contribution < -0.4 is 10.6 Å². The van der Waals surface area contributed by atoms with E-state index in [-0.39, 0.29) is 29.7 Å². The zero-order valence-corrected chi connectivity index (χ0v) is 24.0. The first kappa shape index (κ1) is 26.7. The lowest BCUT2D eigenvalue weighted by Gasteiger charge is -2.27. The number of aromatic nitrogens is 3. The summed E-state index contributed by atoms with van der Waals surface area (Å²) in [5, 5.41) is 14.8. The summed E-state index contributed by atoms with van der Waals surface area (Å²) >= 11 is 3.66. The molecule has 40 heavy (non-hydrogen) atoms. The Balaban J connectivity index is 1.17. The van der Waals surface area contributed by atoms with E-state index in [0.29, 0.717) is 19.5 Å². The van der Waals surface area contributed by atoms with Crippen LogP contribution in [0, 0.1) is 5.92 Å². The van der Waals surface area contributed by atoms with Gasteiger partial charge in [0.05, 0.1) is 11.6 Å². The van der Waals surface area contributed by atoms with Crippen molar-refractivity contribution < 1.29 is 9.59 Å². The monoisotopic (exact) mass is 600 g/mol. The molecule has 206 valence electrons. The lowest BCUT2D eigenvalue weighted by molar-refractivity contribution is -0.139. The lowest BCUT2D eigenvalue weighted by atomic mass is 9.96. The number of halogens is 1. The molecular formula is C31H33BrN6O2. The molecule has 9 heteroatoms. The molecule has 0 aliphatic carbocycles. The van der Waals surface area contributed by atoms with Gasteiger partial charge >= 0.3 is 0 Å². The SMILES string of the molecule is Cn1nnc2cc(CNC(=O)C3CC(Cc4ccccc4Br)CN3C(=O)C3CC(c4ccccc4)CN3)ccc21. The van der Waals surface area contributed by atoms with Crippen LogP contribution in [-0.4, -0.2) is 56.9 Å². The number of benzene rings is 3. The van der Waals surface area contributed by atoms with Crippen molar-refractivity contribution >= 4 is 38.8 Å². The molecule has 0 bridgehead atoms. The highest BCUT2D eigenvalue weighted by Crippen LogP contribution is 2.32. The molecule has 2 saturated heterocycles. The van der Waals surface area contributed by atoms with Crippen LogP contribution in [0.3, 0.4) is 0 Å². The first-order valence-electron chi connectivity index (χ1n) is 13.8. The highest BCUT2D eigenvalue weighted by atomic mass is 79.9. The first-order valence-corrected chi connectivity index (χ1v) is 14.6. The van der Waals surface area contributed by atoms with Crippen molar-refractivity contribution in [1.82, 2.24) is 30.5 Å². The van der Waals surface area contributed by atoms with Crippen molar-refractivity contribution in [3.63, 3.8) is 0 Å². The summed E-state index contributed by atoms with van der Waals surface area (Å²) in [5.74, 6) is 0.395. The van der Waals surface area contributed by atoms with Crippen molar-refractivity contribution in [2.24, 2.45) is 13.0 Å². The van der Waals surface area contributed by atoms with Crippen LogP contribution in [-0.2, 0) is 29.6 Å². The number of amides is 2. The third-order valence-electron chi connectivity index (χ3n) is 8.28. The van der Waals surface area contributed by atoms with Gasteiger partial charge in [-0.3, -0.25) is 9.59 Å². The smallest absolute Gasteiger partial charge is 0.243 e. The molecule has 0 saturated carbocycles. The molecule has 2 N–H and O–H groups in total. The number of rotatable bonds is 7. The van der Waals surface area contributed by atoms with Crippen molar-refractivity contribution in [3.8, 4) is 0 Å². The van der Waals surface area contributed by atoms with Gasteiger partial charge in [0.1, 0.15) is 11.6 Å². The van der Waals surface area contributed by atoms with Gasteiger partial charge in [0.15, 0.2) is 0 Å². The van der Waals surface area contributed by atoms with Crippen LogP contribution in [0.15, 0.2) is 77.3 Å². The summed E-state index contributed by atoms with van der Waals surface area (Å²) in [6.07, 6.45) is 2.18. The van der Waals surface area contributed by atoms with Crippen LogP contribution in [0.25, 0.3) is 11.0 Å². The molecular weight excluding hydrogens is 568 g/mol. The maximum Gasteiger partial charge on any atom is 0.243 e. The number of carbonyl (C=O) groups is 2. The van der Waals surface area contributed by atoms with E-state index < -0.39 is 6.04 Å². The fourth-order valence-electron chi connectivity index (χ4n) is 6.14. The predicted molar refractivity (Wildman–Crippen MR) is 157 cm³/mol. The van der Waals surface area contributed by atoms with Gasteiger partial charge in [0.25, 0.3) is 0 Å². The molecule has 0 radical (unpaired) electrons. The van der Waals surface area contributed by atoms with Gasteiger partial charge in [-0.1, -0.05) is 75.7 Å². The van der Waals surface area contributed by atoms with Crippen LogP contribution in [0.4, 0.5) is 0 Å². The molecule has 2 aliphatic heterocycles. The van der Waals surface area contributed by atoms with Gasteiger partial charge in [0.2, 0.25) is 11.8 Å². The van der Waals surface area contributed by atoms with E-state index in [9.17, 15) is 9.59 Å². The highest BCUT2D eigenvalue weighted by molar-refractivity contribution is 9.10. The van der Waals surface area contributed by atoms with Crippen LogP contribution in [0.1, 0.15) is 35.4 Å². The molecule has 6 rings (SSSR count). The summed E-state index contributed by atoms with van der Waals surface area (Å²) in [4.78, 5) is 29.3. The molecule has 2 fully saturated rings. The fourth-order valence-corrected chi connectivity index (χ4v) is 6.59. The molecule has 2 aliphatic rings. The van der Waals surface area contributed by atoms with E-state index in [2.05, 4.69) is 55.1 Å². The maximum atomic E-state index is 13.9. The fraction of sp³-hybridized carbons (Fsp3) is 0.355. The van der Waals surface area contributed by atoms with Gasteiger partial charge in [-0.15, -0.1) is 5.10 Å². The Bertz CT molecular complexity index is 1520. The van der Waals surface area contributed by atoms with Crippen molar-refractivity contribution in [2.45, 2.75) is 43.8 Å². The number of likely N-dealkylation sites (tertiary alicyclic amines) is 1. The number of hydrogen-bond acceptors (Lipinski definition) is 5. The van der Waals surface area contributed by atoms with Crippen LogP contribution in [0.2, 0.25) is 0 Å². The number of nitrogens with zero attached hydrogens (tertiary/aromatic N) is 4. The lowest BCUT2D eigenvalue weighted by Crippen LogP contribution is -2.51. The molecule has 4 unspecified atom stereocenters. The molecule has 8 nitrogen and oxygen atoms in total. The van der Waals surface area contributed by atoms with Crippen LogP contribution in [0.5, 0.6) is 0 Å². The zero-order chi connectivity index (χ0) is 27.6. The third kappa shape index (κ3) is 5.53. The zero-order valence-electron chi connectivity index (χ0n) is 22.5. The van der Waals surface area contributed by atoms with Gasteiger partial charge in [-0.05, 0) is 66.0 Å². The average Bonchev–Trinajstić information content (AvgIpc) is 3.72. The first-order chi connectivity index (χ1) is 19.5. The molecule has 3 heterocycles. The van der Waals surface area contributed by atoms with E-state index in [1.807, 2.05) is 66.5 Å². The van der Waals surface area contributed by atoms with Gasteiger partial charge in [-0.25, -0.2) is 4.68 Å². The Morgan fingerprint density at radius 1 is 1.05 bits per heavy atom. The number of aryl methyl sites for hydroxylation is 1. The second kappa shape index (κ2) is 11.5. The van der Waals surface area contributed by atoms with Gasteiger partial charge in [0, 0.05) is 31.2 Å². The minimum absolute atomic E-state index is 0.0224.